The zero-order valence-electron chi connectivity index (χ0n) is 11.3. The summed E-state index contributed by atoms with van der Waals surface area (Å²) in [6.07, 6.45) is 0. The molecule has 0 spiro atoms. The zero-order valence-corrected chi connectivity index (χ0v) is 13.7. The highest BCUT2D eigenvalue weighted by molar-refractivity contribution is 9.10. The van der Waals surface area contributed by atoms with Crippen molar-refractivity contribution in [3.8, 4) is 5.75 Å². The van der Waals surface area contributed by atoms with Crippen LogP contribution in [-0.2, 0) is 13.6 Å². The average Bonchev–Trinajstić information content (AvgIpc) is 2.39. The van der Waals surface area contributed by atoms with Crippen LogP contribution in [0.2, 0.25) is 0 Å². The molecule has 5 nitrogen and oxygen atoms in total. The smallest absolute Gasteiger partial charge is 0.351 e. The fraction of sp³-hybridized carbons (Fsp3) is 0.500. The van der Waals surface area contributed by atoms with Crippen LogP contribution in [-0.4, -0.2) is 20.3 Å². The molecule has 0 bridgehead atoms. The number of benzene rings is 1. The minimum Gasteiger partial charge on any atom is -0.497 e. The van der Waals surface area contributed by atoms with Gasteiger partial charge in [0.05, 0.1) is 20.3 Å². The molecule has 0 fully saturated rings. The SMILES string of the molecule is CCOP(=O)(OCC)[C@H](N)c1cc(OC)ccc1Br. The lowest BCUT2D eigenvalue weighted by molar-refractivity contribution is 0.212. The monoisotopic (exact) mass is 351 g/mol. The molecule has 0 aromatic heterocycles. The fourth-order valence-corrected chi connectivity index (χ4v) is 3.94. The summed E-state index contributed by atoms with van der Waals surface area (Å²) in [6, 6.07) is 5.29. The molecule has 1 aromatic carbocycles. The summed E-state index contributed by atoms with van der Waals surface area (Å²) in [5, 5.41) is 0. The highest BCUT2D eigenvalue weighted by Crippen LogP contribution is 2.59. The first-order valence-corrected chi connectivity index (χ1v) is 8.36. The molecule has 0 amide bonds. The summed E-state index contributed by atoms with van der Waals surface area (Å²) in [7, 11) is -1.84. The van der Waals surface area contributed by atoms with E-state index in [4.69, 9.17) is 19.5 Å². The molecule has 2 N–H and O–H groups in total. The van der Waals surface area contributed by atoms with Crippen LogP contribution in [0, 0.1) is 0 Å². The largest absolute Gasteiger partial charge is 0.497 e. The molecule has 0 unspecified atom stereocenters. The summed E-state index contributed by atoms with van der Waals surface area (Å²) in [4.78, 5) is 0. The van der Waals surface area contributed by atoms with E-state index in [-0.39, 0.29) is 13.2 Å². The van der Waals surface area contributed by atoms with Gasteiger partial charge in [-0.2, -0.15) is 0 Å². The molecular formula is C12H19BrNO4P. The third kappa shape index (κ3) is 4.04. The average molecular weight is 352 g/mol. The van der Waals surface area contributed by atoms with E-state index in [1.165, 1.54) is 0 Å². The van der Waals surface area contributed by atoms with Crippen LogP contribution in [0.5, 0.6) is 5.75 Å². The molecule has 0 saturated carbocycles. The van der Waals surface area contributed by atoms with Gasteiger partial charge in [-0.3, -0.25) is 4.57 Å². The lowest BCUT2D eigenvalue weighted by Gasteiger charge is -2.24. The quantitative estimate of drug-likeness (QED) is 0.758. The van der Waals surface area contributed by atoms with Gasteiger partial charge < -0.3 is 19.5 Å². The molecule has 0 radical (unpaired) electrons. The minimum atomic E-state index is -3.40. The molecule has 1 atom stereocenters. The van der Waals surface area contributed by atoms with Crippen molar-refractivity contribution in [1.29, 1.82) is 0 Å². The van der Waals surface area contributed by atoms with E-state index in [2.05, 4.69) is 15.9 Å². The Kier molecular flexibility index (Phi) is 6.50. The molecule has 0 heterocycles. The molecule has 0 aliphatic heterocycles. The summed E-state index contributed by atoms with van der Waals surface area (Å²) in [6.45, 7) is 4.04. The predicted octanol–water partition coefficient (Wildman–Crippen LogP) is 3.68. The Morgan fingerprint density at radius 1 is 1.32 bits per heavy atom. The number of hydrogen-bond donors (Lipinski definition) is 1. The first-order chi connectivity index (χ1) is 8.98. The van der Waals surface area contributed by atoms with Crippen molar-refractivity contribution in [3.05, 3.63) is 28.2 Å². The van der Waals surface area contributed by atoms with Gasteiger partial charge in [-0.1, -0.05) is 15.9 Å². The van der Waals surface area contributed by atoms with E-state index in [9.17, 15) is 4.57 Å². The number of halogens is 1. The van der Waals surface area contributed by atoms with Crippen LogP contribution in [0.15, 0.2) is 22.7 Å². The number of rotatable bonds is 7. The van der Waals surface area contributed by atoms with E-state index in [0.29, 0.717) is 11.3 Å². The Labute approximate surface area is 122 Å². The van der Waals surface area contributed by atoms with Crippen LogP contribution in [0.4, 0.5) is 0 Å². The standard InChI is InChI=1S/C12H19BrNO4P/c1-4-17-19(15,18-5-2)12(14)10-8-9(16-3)6-7-11(10)13/h6-8,12H,4-5,14H2,1-3H3/t12-/m0/s1. The number of ether oxygens (including phenoxy) is 1. The molecule has 0 aliphatic rings. The van der Waals surface area contributed by atoms with Gasteiger partial charge in [0.1, 0.15) is 11.5 Å². The van der Waals surface area contributed by atoms with Gasteiger partial charge >= 0.3 is 7.60 Å². The van der Waals surface area contributed by atoms with Crippen LogP contribution in [0.1, 0.15) is 25.2 Å². The van der Waals surface area contributed by atoms with E-state index >= 15 is 0 Å². The second-order valence-electron chi connectivity index (χ2n) is 3.71. The van der Waals surface area contributed by atoms with Gasteiger partial charge in [-0.15, -0.1) is 0 Å². The second kappa shape index (κ2) is 7.41. The second-order valence-corrected chi connectivity index (χ2v) is 6.71. The number of methoxy groups -OCH3 is 1. The van der Waals surface area contributed by atoms with Crippen LogP contribution in [0.25, 0.3) is 0 Å². The molecule has 0 saturated heterocycles. The first-order valence-electron chi connectivity index (χ1n) is 5.96. The van der Waals surface area contributed by atoms with Crippen molar-refractivity contribution in [3.63, 3.8) is 0 Å². The van der Waals surface area contributed by atoms with Crippen LogP contribution < -0.4 is 10.5 Å². The molecule has 0 aliphatic carbocycles. The van der Waals surface area contributed by atoms with Gasteiger partial charge in [0.2, 0.25) is 0 Å². The molecular weight excluding hydrogens is 333 g/mol. The Hall–Kier alpha value is -0.390. The van der Waals surface area contributed by atoms with Crippen molar-refractivity contribution < 1.29 is 18.3 Å². The summed E-state index contributed by atoms with van der Waals surface area (Å²) >= 11 is 3.39. The predicted molar refractivity (Wildman–Crippen MR) is 78.5 cm³/mol. The van der Waals surface area contributed by atoms with Crippen molar-refractivity contribution in [2.45, 2.75) is 19.6 Å². The van der Waals surface area contributed by atoms with Crippen molar-refractivity contribution >= 4 is 23.5 Å². The van der Waals surface area contributed by atoms with Crippen molar-refractivity contribution in [1.82, 2.24) is 0 Å². The molecule has 1 aromatic rings. The van der Waals surface area contributed by atoms with E-state index in [1.807, 2.05) is 0 Å². The lowest BCUT2D eigenvalue weighted by atomic mass is 10.2. The maximum atomic E-state index is 12.6. The van der Waals surface area contributed by atoms with Crippen molar-refractivity contribution in [2.75, 3.05) is 20.3 Å². The van der Waals surface area contributed by atoms with Gasteiger partial charge in [-0.05, 0) is 37.6 Å². The van der Waals surface area contributed by atoms with Gasteiger partial charge in [0, 0.05) is 4.47 Å². The topological polar surface area (TPSA) is 70.8 Å². The van der Waals surface area contributed by atoms with Crippen LogP contribution in [0.3, 0.4) is 0 Å². The normalized spacial score (nSPS) is 13.3. The van der Waals surface area contributed by atoms with E-state index in [0.717, 1.165) is 4.47 Å². The Balaban J connectivity index is 3.15. The minimum absolute atomic E-state index is 0.270. The van der Waals surface area contributed by atoms with Crippen LogP contribution >= 0.6 is 23.5 Å². The maximum absolute atomic E-state index is 12.6. The van der Waals surface area contributed by atoms with Gasteiger partial charge in [0.15, 0.2) is 0 Å². The summed E-state index contributed by atoms with van der Waals surface area (Å²) in [5.74, 6) is -0.231. The lowest BCUT2D eigenvalue weighted by Crippen LogP contribution is -2.15. The zero-order chi connectivity index (χ0) is 14.5. The first kappa shape index (κ1) is 16.7. The van der Waals surface area contributed by atoms with E-state index in [1.54, 1.807) is 39.2 Å². The fourth-order valence-electron chi connectivity index (χ4n) is 1.60. The molecule has 19 heavy (non-hydrogen) atoms. The van der Waals surface area contributed by atoms with Crippen molar-refractivity contribution in [2.24, 2.45) is 5.73 Å². The third-order valence-corrected chi connectivity index (χ3v) is 5.40. The number of nitrogens with two attached hydrogens (primary N) is 1. The Morgan fingerprint density at radius 3 is 2.37 bits per heavy atom. The Morgan fingerprint density at radius 2 is 1.89 bits per heavy atom. The molecule has 7 heteroatoms. The third-order valence-electron chi connectivity index (χ3n) is 2.48. The molecule has 108 valence electrons. The Bertz CT molecular complexity index is 459. The van der Waals surface area contributed by atoms with E-state index < -0.39 is 13.4 Å². The highest BCUT2D eigenvalue weighted by Gasteiger charge is 2.35. The number of hydrogen-bond acceptors (Lipinski definition) is 5. The van der Waals surface area contributed by atoms with Gasteiger partial charge in [0.25, 0.3) is 0 Å². The van der Waals surface area contributed by atoms with Gasteiger partial charge in [-0.25, -0.2) is 0 Å². The molecule has 1 rings (SSSR count). The highest BCUT2D eigenvalue weighted by atomic mass is 79.9. The summed E-state index contributed by atoms with van der Waals surface area (Å²) < 4.78 is 29.0. The summed E-state index contributed by atoms with van der Waals surface area (Å²) in [5.41, 5.74) is 6.70. The maximum Gasteiger partial charge on any atom is 0.351 e.